The first-order valence-electron chi connectivity index (χ1n) is 8.53. The van der Waals surface area contributed by atoms with Gasteiger partial charge in [-0.05, 0) is 49.2 Å². The Balaban J connectivity index is 1.59. The number of amides is 2. The van der Waals surface area contributed by atoms with E-state index in [0.717, 1.165) is 20.2 Å². The zero-order valence-electron chi connectivity index (χ0n) is 14.5. The summed E-state index contributed by atoms with van der Waals surface area (Å²) in [5.74, 6) is 0.157. The number of nitrogens with zero attached hydrogens (tertiary/aromatic N) is 2. The van der Waals surface area contributed by atoms with Crippen molar-refractivity contribution in [2.24, 2.45) is 5.92 Å². The number of rotatable bonds is 3. The fraction of sp³-hybridized carbons (Fsp3) is 0.300. The van der Waals surface area contributed by atoms with E-state index in [4.69, 9.17) is 0 Å². The van der Waals surface area contributed by atoms with Crippen molar-refractivity contribution >= 4 is 49.4 Å². The Bertz CT molecular complexity index is 782. The Kier molecular flexibility index (Phi) is 6.14. The summed E-state index contributed by atoms with van der Waals surface area (Å²) in [5.41, 5.74) is 1.59. The zero-order valence-corrected chi connectivity index (χ0v) is 17.7. The number of anilines is 1. The molecular formula is C20H20Br2N2O2. The summed E-state index contributed by atoms with van der Waals surface area (Å²) in [6.07, 6.45) is 1.41. The third kappa shape index (κ3) is 4.35. The molecule has 2 amide bonds. The van der Waals surface area contributed by atoms with Crippen LogP contribution in [0.25, 0.3) is 0 Å². The molecule has 4 nitrogen and oxygen atoms in total. The number of hydrogen-bond acceptors (Lipinski definition) is 2. The SMILES string of the molecule is CN(C(=O)N1CCC(C(=O)c2ccc(Br)cc2)CC1)c1ccc(Br)cc1. The first kappa shape index (κ1) is 19.1. The van der Waals surface area contributed by atoms with Crippen LogP contribution in [0.4, 0.5) is 10.5 Å². The molecule has 0 N–H and O–H groups in total. The fourth-order valence-corrected chi connectivity index (χ4v) is 3.70. The van der Waals surface area contributed by atoms with Gasteiger partial charge in [0, 0.05) is 46.3 Å². The van der Waals surface area contributed by atoms with Crippen molar-refractivity contribution in [2.45, 2.75) is 12.8 Å². The van der Waals surface area contributed by atoms with Crippen LogP contribution in [0.1, 0.15) is 23.2 Å². The number of halogens is 2. The average Bonchev–Trinajstić information content (AvgIpc) is 2.67. The Morgan fingerprint density at radius 1 is 0.923 bits per heavy atom. The van der Waals surface area contributed by atoms with Gasteiger partial charge in [0.05, 0.1) is 0 Å². The minimum Gasteiger partial charge on any atom is -0.324 e. The zero-order chi connectivity index (χ0) is 18.7. The van der Waals surface area contributed by atoms with Gasteiger partial charge in [-0.2, -0.15) is 0 Å². The minimum atomic E-state index is -0.0261. The molecule has 1 aliphatic rings. The van der Waals surface area contributed by atoms with Gasteiger partial charge in [-0.1, -0.05) is 44.0 Å². The van der Waals surface area contributed by atoms with Crippen molar-refractivity contribution in [2.75, 3.05) is 25.0 Å². The van der Waals surface area contributed by atoms with E-state index < -0.39 is 0 Å². The van der Waals surface area contributed by atoms with Crippen molar-refractivity contribution in [3.05, 3.63) is 63.0 Å². The molecule has 6 heteroatoms. The van der Waals surface area contributed by atoms with Gasteiger partial charge >= 0.3 is 6.03 Å². The molecule has 0 unspecified atom stereocenters. The summed E-state index contributed by atoms with van der Waals surface area (Å²) < 4.78 is 1.94. The molecule has 1 saturated heterocycles. The number of Topliss-reactive ketones (excluding diaryl/α,β-unsaturated/α-hetero) is 1. The molecule has 1 heterocycles. The van der Waals surface area contributed by atoms with E-state index in [2.05, 4.69) is 31.9 Å². The van der Waals surface area contributed by atoms with Gasteiger partial charge in [0.15, 0.2) is 5.78 Å². The molecule has 2 aromatic rings. The summed E-state index contributed by atoms with van der Waals surface area (Å²) in [6.45, 7) is 1.21. The maximum Gasteiger partial charge on any atom is 0.324 e. The quantitative estimate of drug-likeness (QED) is 0.555. The van der Waals surface area contributed by atoms with Gasteiger partial charge in [0.1, 0.15) is 0 Å². The van der Waals surface area contributed by atoms with Gasteiger partial charge in [-0.25, -0.2) is 4.79 Å². The number of benzene rings is 2. The van der Waals surface area contributed by atoms with E-state index >= 15 is 0 Å². The number of hydrogen-bond donors (Lipinski definition) is 0. The molecule has 0 aliphatic carbocycles. The van der Waals surface area contributed by atoms with Crippen molar-refractivity contribution in [1.29, 1.82) is 0 Å². The second-order valence-corrected chi connectivity index (χ2v) is 8.28. The van der Waals surface area contributed by atoms with Crippen LogP contribution in [-0.2, 0) is 0 Å². The lowest BCUT2D eigenvalue weighted by Gasteiger charge is -2.34. The number of urea groups is 1. The lowest BCUT2D eigenvalue weighted by atomic mass is 9.89. The Morgan fingerprint density at radius 3 is 1.96 bits per heavy atom. The molecule has 1 aliphatic heterocycles. The van der Waals surface area contributed by atoms with Crippen LogP contribution in [-0.4, -0.2) is 36.9 Å². The molecule has 1 fully saturated rings. The molecule has 2 aromatic carbocycles. The summed E-state index contributed by atoms with van der Waals surface area (Å²) in [5, 5.41) is 0. The van der Waals surface area contributed by atoms with Crippen LogP contribution in [0.15, 0.2) is 57.5 Å². The van der Waals surface area contributed by atoms with Crippen LogP contribution in [0.3, 0.4) is 0 Å². The Labute approximate surface area is 170 Å². The highest BCUT2D eigenvalue weighted by Gasteiger charge is 2.29. The van der Waals surface area contributed by atoms with Crippen molar-refractivity contribution in [3.8, 4) is 0 Å². The van der Waals surface area contributed by atoms with E-state index in [1.54, 1.807) is 11.9 Å². The van der Waals surface area contributed by atoms with E-state index in [1.165, 1.54) is 0 Å². The lowest BCUT2D eigenvalue weighted by Crippen LogP contribution is -2.46. The third-order valence-electron chi connectivity index (χ3n) is 4.77. The molecule has 26 heavy (non-hydrogen) atoms. The van der Waals surface area contributed by atoms with Crippen molar-refractivity contribution in [1.82, 2.24) is 4.90 Å². The van der Waals surface area contributed by atoms with E-state index in [1.807, 2.05) is 53.4 Å². The normalized spacial score (nSPS) is 15.0. The van der Waals surface area contributed by atoms with Gasteiger partial charge in [-0.3, -0.25) is 9.69 Å². The molecule has 0 radical (unpaired) electrons. The van der Waals surface area contributed by atoms with Gasteiger partial charge < -0.3 is 4.90 Å². The maximum atomic E-state index is 12.7. The number of likely N-dealkylation sites (tertiary alicyclic amines) is 1. The predicted octanol–water partition coefficient (Wildman–Crippen LogP) is 5.36. The molecular weight excluding hydrogens is 460 g/mol. The smallest absolute Gasteiger partial charge is 0.324 e. The van der Waals surface area contributed by atoms with Crippen molar-refractivity contribution < 1.29 is 9.59 Å². The minimum absolute atomic E-state index is 0.0155. The van der Waals surface area contributed by atoms with Crippen LogP contribution in [0.2, 0.25) is 0 Å². The maximum absolute atomic E-state index is 12.7. The van der Waals surface area contributed by atoms with Crippen LogP contribution >= 0.6 is 31.9 Å². The standard InChI is InChI=1S/C20H20Br2N2O2/c1-23(18-8-6-17(22)7-9-18)20(26)24-12-10-15(11-13-24)19(25)14-2-4-16(21)5-3-14/h2-9,15H,10-13H2,1H3. The highest BCUT2D eigenvalue weighted by molar-refractivity contribution is 9.10. The van der Waals surface area contributed by atoms with Gasteiger partial charge in [0.25, 0.3) is 0 Å². The monoisotopic (exact) mass is 478 g/mol. The van der Waals surface area contributed by atoms with E-state index in [9.17, 15) is 9.59 Å². The summed E-state index contributed by atoms with van der Waals surface area (Å²) >= 11 is 6.79. The second kappa shape index (κ2) is 8.35. The summed E-state index contributed by atoms with van der Waals surface area (Å²) in [4.78, 5) is 28.8. The molecule has 0 saturated carbocycles. The van der Waals surface area contributed by atoms with E-state index in [0.29, 0.717) is 25.9 Å². The Morgan fingerprint density at radius 2 is 1.42 bits per heavy atom. The number of piperidine rings is 1. The second-order valence-electron chi connectivity index (χ2n) is 6.45. The molecule has 3 rings (SSSR count). The number of ketones is 1. The van der Waals surface area contributed by atoms with Crippen molar-refractivity contribution in [3.63, 3.8) is 0 Å². The topological polar surface area (TPSA) is 40.6 Å². The first-order valence-corrected chi connectivity index (χ1v) is 10.1. The summed E-state index contributed by atoms with van der Waals surface area (Å²) in [6, 6.07) is 15.1. The Hall–Kier alpha value is -1.66. The molecule has 0 bridgehead atoms. The fourth-order valence-electron chi connectivity index (χ4n) is 3.17. The number of carbonyl (C=O) groups is 2. The van der Waals surface area contributed by atoms with Gasteiger partial charge in [0.2, 0.25) is 0 Å². The van der Waals surface area contributed by atoms with Crippen LogP contribution in [0.5, 0.6) is 0 Å². The first-order chi connectivity index (χ1) is 12.5. The summed E-state index contributed by atoms with van der Waals surface area (Å²) in [7, 11) is 1.78. The predicted molar refractivity (Wildman–Crippen MR) is 111 cm³/mol. The van der Waals surface area contributed by atoms with Crippen LogP contribution < -0.4 is 4.90 Å². The third-order valence-corrected chi connectivity index (χ3v) is 5.82. The molecule has 0 spiro atoms. The molecule has 0 atom stereocenters. The highest BCUT2D eigenvalue weighted by atomic mass is 79.9. The average molecular weight is 480 g/mol. The highest BCUT2D eigenvalue weighted by Crippen LogP contribution is 2.25. The molecule has 0 aromatic heterocycles. The molecule has 136 valence electrons. The van der Waals surface area contributed by atoms with E-state index in [-0.39, 0.29) is 17.7 Å². The lowest BCUT2D eigenvalue weighted by molar-refractivity contribution is 0.0857. The largest absolute Gasteiger partial charge is 0.324 e. The van der Waals surface area contributed by atoms with Crippen LogP contribution in [0, 0.1) is 5.92 Å². The van der Waals surface area contributed by atoms with Gasteiger partial charge in [-0.15, -0.1) is 0 Å². The number of carbonyl (C=O) groups excluding carboxylic acids is 2.